The van der Waals surface area contributed by atoms with Crippen LogP contribution < -0.4 is 10.6 Å². The number of carbonyl (C=O) groups excluding carboxylic acids is 4. The summed E-state index contributed by atoms with van der Waals surface area (Å²) in [6.07, 6.45) is 9.52. The van der Waals surface area contributed by atoms with Crippen molar-refractivity contribution in [3.05, 3.63) is 58.7 Å². The minimum Gasteiger partial charge on any atom is -0.456 e. The molecule has 0 radical (unpaired) electrons. The third kappa shape index (κ3) is 8.15. The maximum atomic E-state index is 12.9. The van der Waals surface area contributed by atoms with Gasteiger partial charge < -0.3 is 14.8 Å². The molecular formula is C34H42N2O6. The fourth-order valence-electron chi connectivity index (χ4n) is 4.99. The molecule has 0 saturated carbocycles. The molecule has 1 aliphatic rings. The Kier molecular flexibility index (Phi) is 12.0. The van der Waals surface area contributed by atoms with E-state index in [2.05, 4.69) is 30.4 Å². The smallest absolute Gasteiger partial charge is 0.323 e. The quantitative estimate of drug-likeness (QED) is 0.172. The Morgan fingerprint density at radius 1 is 0.786 bits per heavy atom. The molecule has 0 aliphatic heterocycles. The Balaban J connectivity index is 1.59. The van der Waals surface area contributed by atoms with Crippen LogP contribution in [0.3, 0.4) is 0 Å². The average Bonchev–Trinajstić information content (AvgIpc) is 2.99. The standard InChI is InChI=1S/C34H42N2O6/c1-7-25(8-2)35-21(5)33(39)41-19-31(37)24-13-11-23(12-14-24)27-15-18-30(29-17-16-28(27)29)32(38)20-42-34(40)22(6)36-26(9-3)10-4/h3,11-15,18,21-22,25-26,35-36H,7-8,10,16-17,19-20H2,1-2,4-6H3. The lowest BCUT2D eigenvalue weighted by Crippen LogP contribution is -2.42. The van der Waals surface area contributed by atoms with Gasteiger partial charge in [0.1, 0.15) is 12.1 Å². The highest BCUT2D eigenvalue weighted by atomic mass is 16.5. The number of esters is 2. The van der Waals surface area contributed by atoms with Crippen LogP contribution in [0.15, 0.2) is 36.4 Å². The van der Waals surface area contributed by atoms with E-state index < -0.39 is 24.0 Å². The first kappa shape index (κ1) is 32.7. The molecule has 42 heavy (non-hydrogen) atoms. The van der Waals surface area contributed by atoms with Gasteiger partial charge in [0.2, 0.25) is 5.78 Å². The van der Waals surface area contributed by atoms with Crippen molar-refractivity contribution in [2.75, 3.05) is 13.2 Å². The molecule has 2 N–H and O–H groups in total. The van der Waals surface area contributed by atoms with Gasteiger partial charge >= 0.3 is 11.9 Å². The van der Waals surface area contributed by atoms with Crippen LogP contribution in [0.25, 0.3) is 11.1 Å². The van der Waals surface area contributed by atoms with Gasteiger partial charge in [0.15, 0.2) is 19.0 Å². The fraction of sp³-hybridized carbons (Fsp3) is 0.471. The summed E-state index contributed by atoms with van der Waals surface area (Å²) < 4.78 is 10.5. The first-order valence-corrected chi connectivity index (χ1v) is 14.8. The van der Waals surface area contributed by atoms with E-state index >= 15 is 0 Å². The SMILES string of the molecule is C#CC(CC)NC(C)C(=O)OCC(=O)c1ccc(-c2ccc(C(=O)COC(=O)C(C)NC(CC)CC)cc2)c2c1CC2. The molecule has 3 atom stereocenters. The fourth-order valence-corrected chi connectivity index (χ4v) is 4.99. The third-order valence-electron chi connectivity index (χ3n) is 7.80. The van der Waals surface area contributed by atoms with Crippen molar-refractivity contribution >= 4 is 23.5 Å². The second-order valence-corrected chi connectivity index (χ2v) is 10.7. The number of hydrogen-bond acceptors (Lipinski definition) is 8. The van der Waals surface area contributed by atoms with E-state index in [1.165, 1.54) is 0 Å². The number of ether oxygens (including phenoxy) is 2. The topological polar surface area (TPSA) is 111 Å². The van der Waals surface area contributed by atoms with Crippen LogP contribution in [0.1, 0.15) is 85.7 Å². The van der Waals surface area contributed by atoms with Crippen molar-refractivity contribution < 1.29 is 28.7 Å². The Hall–Kier alpha value is -3.80. The van der Waals surface area contributed by atoms with E-state index in [9.17, 15) is 19.2 Å². The molecule has 0 bridgehead atoms. The summed E-state index contributed by atoms with van der Waals surface area (Å²) in [6.45, 7) is 8.77. The summed E-state index contributed by atoms with van der Waals surface area (Å²) in [5.74, 6) is 1.08. The van der Waals surface area contributed by atoms with Crippen molar-refractivity contribution in [1.82, 2.24) is 10.6 Å². The number of rotatable bonds is 16. The van der Waals surface area contributed by atoms with Gasteiger partial charge in [0, 0.05) is 17.2 Å². The van der Waals surface area contributed by atoms with Crippen LogP contribution in [0, 0.1) is 12.3 Å². The molecule has 0 aromatic heterocycles. The van der Waals surface area contributed by atoms with Crippen LogP contribution >= 0.6 is 0 Å². The van der Waals surface area contributed by atoms with Crippen LogP contribution in [-0.2, 0) is 31.9 Å². The lowest BCUT2D eigenvalue weighted by atomic mass is 9.78. The molecule has 2 aromatic rings. The Morgan fingerprint density at radius 2 is 1.36 bits per heavy atom. The normalized spacial score (nSPS) is 14.1. The van der Waals surface area contributed by atoms with E-state index in [1.807, 2.05) is 25.1 Å². The van der Waals surface area contributed by atoms with Gasteiger partial charge in [0.05, 0.1) is 6.04 Å². The summed E-state index contributed by atoms with van der Waals surface area (Å²) in [4.78, 5) is 50.2. The summed E-state index contributed by atoms with van der Waals surface area (Å²) in [5.41, 5.74) is 4.97. The number of benzene rings is 2. The Morgan fingerprint density at radius 3 is 1.88 bits per heavy atom. The molecule has 224 valence electrons. The molecule has 3 unspecified atom stereocenters. The van der Waals surface area contributed by atoms with E-state index in [0.29, 0.717) is 17.5 Å². The van der Waals surface area contributed by atoms with Crippen LogP contribution in [0.2, 0.25) is 0 Å². The molecule has 8 heteroatoms. The van der Waals surface area contributed by atoms with Gasteiger partial charge in [-0.25, -0.2) is 0 Å². The highest BCUT2D eigenvalue weighted by Crippen LogP contribution is 2.36. The largest absolute Gasteiger partial charge is 0.456 e. The summed E-state index contributed by atoms with van der Waals surface area (Å²) in [6, 6.07) is 9.70. The first-order valence-electron chi connectivity index (χ1n) is 14.8. The summed E-state index contributed by atoms with van der Waals surface area (Å²) >= 11 is 0. The average molecular weight is 575 g/mol. The minimum absolute atomic E-state index is 0.224. The van der Waals surface area contributed by atoms with E-state index in [-0.39, 0.29) is 36.9 Å². The van der Waals surface area contributed by atoms with Gasteiger partial charge in [-0.2, -0.15) is 0 Å². The highest BCUT2D eigenvalue weighted by molar-refractivity contribution is 6.01. The van der Waals surface area contributed by atoms with Crippen LogP contribution in [0.4, 0.5) is 0 Å². The van der Waals surface area contributed by atoms with E-state index in [0.717, 1.165) is 47.9 Å². The maximum Gasteiger partial charge on any atom is 0.323 e. The number of fused-ring (bicyclic) bond motifs is 1. The number of ketones is 2. The van der Waals surface area contributed by atoms with E-state index in [4.69, 9.17) is 15.9 Å². The van der Waals surface area contributed by atoms with Gasteiger partial charge in [-0.15, -0.1) is 6.42 Å². The van der Waals surface area contributed by atoms with Crippen LogP contribution in [0.5, 0.6) is 0 Å². The van der Waals surface area contributed by atoms with Gasteiger partial charge in [-0.05, 0) is 68.2 Å². The maximum absolute atomic E-state index is 12.9. The second-order valence-electron chi connectivity index (χ2n) is 10.7. The lowest BCUT2D eigenvalue weighted by Gasteiger charge is -2.26. The summed E-state index contributed by atoms with van der Waals surface area (Å²) in [5, 5.41) is 6.23. The predicted octanol–water partition coefficient (Wildman–Crippen LogP) is 4.46. The van der Waals surface area contributed by atoms with Crippen molar-refractivity contribution in [3.63, 3.8) is 0 Å². The Labute approximate surface area is 248 Å². The number of carbonyl (C=O) groups is 4. The molecule has 0 fully saturated rings. The number of nitrogens with one attached hydrogen (secondary N) is 2. The Bertz CT molecular complexity index is 1320. The molecule has 0 heterocycles. The van der Waals surface area contributed by atoms with Gasteiger partial charge in [-0.1, -0.05) is 63.1 Å². The lowest BCUT2D eigenvalue weighted by molar-refractivity contribution is -0.145. The molecule has 1 aliphatic carbocycles. The predicted molar refractivity (Wildman–Crippen MR) is 162 cm³/mol. The second kappa shape index (κ2) is 15.4. The molecule has 0 spiro atoms. The molecule has 0 amide bonds. The molecule has 2 aromatic carbocycles. The monoisotopic (exact) mass is 574 g/mol. The first-order chi connectivity index (χ1) is 20.1. The minimum atomic E-state index is -0.620. The number of Topliss-reactive ketones (excluding diaryl/α,β-unsaturated/α-hetero) is 2. The zero-order chi connectivity index (χ0) is 30.8. The third-order valence-corrected chi connectivity index (χ3v) is 7.80. The van der Waals surface area contributed by atoms with Crippen LogP contribution in [-0.4, -0.2) is 60.9 Å². The molecule has 0 saturated heterocycles. The van der Waals surface area contributed by atoms with Gasteiger partial charge in [0.25, 0.3) is 0 Å². The van der Waals surface area contributed by atoms with Crippen molar-refractivity contribution in [2.45, 2.75) is 90.9 Å². The highest BCUT2D eigenvalue weighted by Gasteiger charge is 2.26. The molecule has 3 rings (SSSR count). The van der Waals surface area contributed by atoms with Crippen molar-refractivity contribution in [1.29, 1.82) is 0 Å². The summed E-state index contributed by atoms with van der Waals surface area (Å²) in [7, 11) is 0. The van der Waals surface area contributed by atoms with Crippen molar-refractivity contribution in [3.8, 4) is 23.5 Å². The van der Waals surface area contributed by atoms with E-state index in [1.54, 1.807) is 32.0 Å². The van der Waals surface area contributed by atoms with Crippen molar-refractivity contribution in [2.24, 2.45) is 0 Å². The van der Waals surface area contributed by atoms with Gasteiger partial charge in [-0.3, -0.25) is 24.5 Å². The molecular weight excluding hydrogens is 532 g/mol. The zero-order valence-corrected chi connectivity index (χ0v) is 25.3. The zero-order valence-electron chi connectivity index (χ0n) is 25.3. The molecule has 8 nitrogen and oxygen atoms in total. The number of hydrogen-bond donors (Lipinski definition) is 2. The number of terminal acetylenes is 1.